The average molecular weight is 428 g/mol. The van der Waals surface area contributed by atoms with Crippen molar-refractivity contribution >= 4 is 28.4 Å². The SMILES string of the molecule is CCOC(=O)c1ccc(COc2ccc(N(C)c3nc(C)nc4ccccc34)cc2)cc1. The van der Waals surface area contributed by atoms with Gasteiger partial charge in [0.25, 0.3) is 0 Å². The fourth-order valence-corrected chi connectivity index (χ4v) is 3.44. The number of ether oxygens (including phenoxy) is 2. The molecule has 3 aromatic carbocycles. The van der Waals surface area contributed by atoms with Crippen LogP contribution in [-0.4, -0.2) is 29.6 Å². The maximum Gasteiger partial charge on any atom is 0.338 e. The van der Waals surface area contributed by atoms with Crippen LogP contribution in [0.4, 0.5) is 11.5 Å². The lowest BCUT2D eigenvalue weighted by Crippen LogP contribution is -2.13. The van der Waals surface area contributed by atoms with Crippen molar-refractivity contribution in [1.29, 1.82) is 0 Å². The van der Waals surface area contributed by atoms with E-state index in [1.165, 1.54) is 0 Å². The third-order valence-electron chi connectivity index (χ3n) is 5.11. The van der Waals surface area contributed by atoms with Crippen LogP contribution in [0.15, 0.2) is 72.8 Å². The Morgan fingerprint density at radius 1 is 0.938 bits per heavy atom. The van der Waals surface area contributed by atoms with Crippen LogP contribution in [0, 0.1) is 6.92 Å². The minimum atomic E-state index is -0.314. The highest BCUT2D eigenvalue weighted by molar-refractivity contribution is 5.91. The molecule has 1 aromatic heterocycles. The number of anilines is 2. The summed E-state index contributed by atoms with van der Waals surface area (Å²) in [5.74, 6) is 2.05. The van der Waals surface area contributed by atoms with E-state index in [4.69, 9.17) is 9.47 Å². The van der Waals surface area contributed by atoms with Crippen LogP contribution in [0.3, 0.4) is 0 Å². The molecule has 0 aliphatic heterocycles. The van der Waals surface area contributed by atoms with Crippen molar-refractivity contribution in [2.75, 3.05) is 18.6 Å². The minimum Gasteiger partial charge on any atom is -0.489 e. The number of carbonyl (C=O) groups is 1. The number of benzene rings is 3. The van der Waals surface area contributed by atoms with Gasteiger partial charge in [-0.15, -0.1) is 0 Å². The van der Waals surface area contributed by atoms with Gasteiger partial charge in [-0.1, -0.05) is 24.3 Å². The summed E-state index contributed by atoms with van der Waals surface area (Å²) in [6.07, 6.45) is 0. The van der Waals surface area contributed by atoms with Crippen LogP contribution in [0.1, 0.15) is 28.7 Å². The van der Waals surface area contributed by atoms with Crippen LogP contribution < -0.4 is 9.64 Å². The van der Waals surface area contributed by atoms with Gasteiger partial charge in [0.15, 0.2) is 0 Å². The number of aryl methyl sites for hydroxylation is 1. The summed E-state index contributed by atoms with van der Waals surface area (Å²) in [5.41, 5.74) is 3.44. The van der Waals surface area contributed by atoms with Gasteiger partial charge in [0.2, 0.25) is 0 Å². The lowest BCUT2D eigenvalue weighted by molar-refractivity contribution is 0.0526. The van der Waals surface area contributed by atoms with Crippen molar-refractivity contribution in [1.82, 2.24) is 9.97 Å². The summed E-state index contributed by atoms with van der Waals surface area (Å²) in [4.78, 5) is 23.0. The molecule has 0 bridgehead atoms. The number of para-hydroxylation sites is 1. The first-order chi connectivity index (χ1) is 15.5. The van der Waals surface area contributed by atoms with Gasteiger partial charge in [0.05, 0.1) is 17.7 Å². The van der Waals surface area contributed by atoms with Crippen LogP contribution in [0.2, 0.25) is 0 Å². The van der Waals surface area contributed by atoms with Crippen LogP contribution in [-0.2, 0) is 11.3 Å². The molecule has 0 aliphatic carbocycles. The number of aromatic nitrogens is 2. The smallest absolute Gasteiger partial charge is 0.338 e. The maximum atomic E-state index is 11.8. The third-order valence-corrected chi connectivity index (χ3v) is 5.11. The Balaban J connectivity index is 1.44. The number of hydrogen-bond acceptors (Lipinski definition) is 6. The molecule has 0 atom stereocenters. The standard InChI is InChI=1S/C26H25N3O3/c1-4-31-26(30)20-11-9-19(10-12-20)17-32-22-15-13-21(14-16-22)29(3)25-23-7-5-6-8-24(23)27-18(2)28-25/h5-16H,4,17H2,1-3H3. The number of esters is 1. The Kier molecular flexibility index (Phi) is 6.31. The maximum absolute atomic E-state index is 11.8. The summed E-state index contributed by atoms with van der Waals surface area (Å²) in [7, 11) is 2.00. The van der Waals surface area contributed by atoms with Gasteiger partial charge in [0, 0.05) is 18.1 Å². The summed E-state index contributed by atoms with van der Waals surface area (Å²) in [5, 5.41) is 1.01. The molecular weight excluding hydrogens is 402 g/mol. The number of rotatable bonds is 7. The van der Waals surface area contributed by atoms with Crippen molar-refractivity contribution in [2.45, 2.75) is 20.5 Å². The predicted molar refractivity (Wildman–Crippen MR) is 126 cm³/mol. The number of nitrogens with zero attached hydrogens (tertiary/aromatic N) is 3. The molecule has 1 heterocycles. The first kappa shape index (κ1) is 21.3. The Hall–Kier alpha value is -3.93. The molecule has 0 radical (unpaired) electrons. The predicted octanol–water partition coefficient (Wildman–Crippen LogP) is 5.46. The normalized spacial score (nSPS) is 10.7. The van der Waals surface area contributed by atoms with E-state index < -0.39 is 0 Å². The molecule has 0 saturated carbocycles. The van der Waals surface area contributed by atoms with Gasteiger partial charge in [-0.2, -0.15) is 0 Å². The van der Waals surface area contributed by atoms with Crippen LogP contribution >= 0.6 is 0 Å². The summed E-state index contributed by atoms with van der Waals surface area (Å²) >= 11 is 0. The molecule has 0 fully saturated rings. The van der Waals surface area contributed by atoms with Gasteiger partial charge in [0.1, 0.15) is 24.0 Å². The molecule has 0 saturated heterocycles. The zero-order valence-electron chi connectivity index (χ0n) is 18.4. The highest BCUT2D eigenvalue weighted by atomic mass is 16.5. The number of hydrogen-bond donors (Lipinski definition) is 0. The van der Waals surface area contributed by atoms with Gasteiger partial charge >= 0.3 is 5.97 Å². The number of carbonyl (C=O) groups excluding carboxylic acids is 1. The van der Waals surface area contributed by atoms with E-state index >= 15 is 0 Å². The largest absolute Gasteiger partial charge is 0.489 e. The molecule has 0 spiro atoms. The molecule has 4 aromatic rings. The molecule has 0 unspecified atom stereocenters. The summed E-state index contributed by atoms with van der Waals surface area (Å²) < 4.78 is 10.9. The van der Waals surface area contributed by atoms with E-state index in [2.05, 4.69) is 14.9 Å². The van der Waals surface area contributed by atoms with E-state index in [1.807, 2.05) is 74.6 Å². The first-order valence-corrected chi connectivity index (χ1v) is 10.5. The zero-order chi connectivity index (χ0) is 22.5. The van der Waals surface area contributed by atoms with E-state index in [0.717, 1.165) is 39.5 Å². The molecule has 4 rings (SSSR count). The third kappa shape index (κ3) is 4.70. The number of fused-ring (bicyclic) bond motifs is 1. The minimum absolute atomic E-state index is 0.314. The van der Waals surface area contributed by atoms with Gasteiger partial charge in [-0.3, -0.25) is 0 Å². The van der Waals surface area contributed by atoms with Gasteiger partial charge in [-0.25, -0.2) is 14.8 Å². The van der Waals surface area contributed by atoms with E-state index in [0.29, 0.717) is 18.8 Å². The van der Waals surface area contributed by atoms with E-state index in [9.17, 15) is 4.79 Å². The fourth-order valence-electron chi connectivity index (χ4n) is 3.44. The topological polar surface area (TPSA) is 64.6 Å². The molecule has 162 valence electrons. The molecule has 0 amide bonds. The van der Waals surface area contributed by atoms with Gasteiger partial charge in [-0.05, 0) is 67.9 Å². The lowest BCUT2D eigenvalue weighted by Gasteiger charge is -2.20. The quantitative estimate of drug-likeness (QED) is 0.365. The highest BCUT2D eigenvalue weighted by Crippen LogP contribution is 2.29. The van der Waals surface area contributed by atoms with Crippen molar-refractivity contribution in [3.8, 4) is 5.75 Å². The van der Waals surface area contributed by atoms with Crippen molar-refractivity contribution in [2.24, 2.45) is 0 Å². The second-order valence-corrected chi connectivity index (χ2v) is 7.37. The Morgan fingerprint density at radius 3 is 2.38 bits per heavy atom. The first-order valence-electron chi connectivity index (χ1n) is 10.5. The molecule has 0 N–H and O–H groups in total. The summed E-state index contributed by atoms with van der Waals surface area (Å²) in [6, 6.07) is 23.1. The highest BCUT2D eigenvalue weighted by Gasteiger charge is 2.12. The van der Waals surface area contributed by atoms with Crippen LogP contribution in [0.25, 0.3) is 10.9 Å². The molecular formula is C26H25N3O3. The lowest BCUT2D eigenvalue weighted by atomic mass is 10.1. The van der Waals surface area contributed by atoms with Crippen LogP contribution in [0.5, 0.6) is 5.75 Å². The average Bonchev–Trinajstić information content (AvgIpc) is 2.82. The Bertz CT molecular complexity index is 1220. The second kappa shape index (κ2) is 9.47. The van der Waals surface area contributed by atoms with E-state index in [-0.39, 0.29) is 5.97 Å². The fraction of sp³-hybridized carbons (Fsp3) is 0.192. The molecule has 0 aliphatic rings. The molecule has 32 heavy (non-hydrogen) atoms. The molecule has 6 nitrogen and oxygen atoms in total. The zero-order valence-corrected chi connectivity index (χ0v) is 18.4. The van der Waals surface area contributed by atoms with Crippen molar-refractivity contribution < 1.29 is 14.3 Å². The monoisotopic (exact) mass is 427 g/mol. The second-order valence-electron chi connectivity index (χ2n) is 7.37. The Morgan fingerprint density at radius 2 is 1.66 bits per heavy atom. The summed E-state index contributed by atoms with van der Waals surface area (Å²) in [6.45, 7) is 4.47. The van der Waals surface area contributed by atoms with Crippen molar-refractivity contribution in [3.63, 3.8) is 0 Å². The molecule has 6 heteroatoms. The van der Waals surface area contributed by atoms with E-state index in [1.54, 1.807) is 19.1 Å². The Labute approximate surface area is 187 Å². The van der Waals surface area contributed by atoms with Gasteiger partial charge < -0.3 is 14.4 Å². The van der Waals surface area contributed by atoms with Crippen molar-refractivity contribution in [3.05, 3.63) is 89.7 Å².